The third-order valence-corrected chi connectivity index (χ3v) is 5.52. The van der Waals surface area contributed by atoms with Gasteiger partial charge in [0.25, 0.3) is 5.91 Å². The SMILES string of the molecule is CC(C)Cc1nc2c(c(N3C[C@H]4CCC[C@H]4C3)n1)CCNC2=O. The standard InChI is InChI=1S/C18H26N4O/c1-11(2)8-15-20-16-14(6-7-19-18(16)23)17(21-15)22-9-12-4-3-5-13(12)10-22/h11-13H,3-10H2,1-2H3,(H,19,23)/t12-,13+. The van der Waals surface area contributed by atoms with Gasteiger partial charge in [0.1, 0.15) is 17.3 Å². The number of nitrogens with zero attached hydrogens (tertiary/aromatic N) is 3. The van der Waals surface area contributed by atoms with Gasteiger partial charge in [-0.15, -0.1) is 0 Å². The summed E-state index contributed by atoms with van der Waals surface area (Å²) in [5.74, 6) is 3.99. The van der Waals surface area contributed by atoms with E-state index in [4.69, 9.17) is 4.98 Å². The summed E-state index contributed by atoms with van der Waals surface area (Å²) in [4.78, 5) is 24.2. The fourth-order valence-corrected chi connectivity index (χ4v) is 4.45. The molecule has 1 amide bonds. The second-order valence-electron chi connectivity index (χ2n) is 7.75. The summed E-state index contributed by atoms with van der Waals surface area (Å²) in [5, 5.41) is 2.93. The molecule has 2 fully saturated rings. The maximum Gasteiger partial charge on any atom is 0.270 e. The number of hydrogen-bond acceptors (Lipinski definition) is 4. The first-order valence-electron chi connectivity index (χ1n) is 9.04. The Morgan fingerprint density at radius 2 is 1.96 bits per heavy atom. The first-order valence-corrected chi connectivity index (χ1v) is 9.04. The van der Waals surface area contributed by atoms with Crippen molar-refractivity contribution in [1.29, 1.82) is 0 Å². The quantitative estimate of drug-likeness (QED) is 0.929. The van der Waals surface area contributed by atoms with Crippen molar-refractivity contribution in [2.45, 2.75) is 46.0 Å². The van der Waals surface area contributed by atoms with Crippen molar-refractivity contribution in [3.05, 3.63) is 17.1 Å². The van der Waals surface area contributed by atoms with Crippen LogP contribution in [0.4, 0.5) is 5.82 Å². The maximum atomic E-state index is 12.3. The number of hydrogen-bond donors (Lipinski definition) is 1. The van der Waals surface area contributed by atoms with Crippen molar-refractivity contribution in [3.63, 3.8) is 0 Å². The fraction of sp³-hybridized carbons (Fsp3) is 0.722. The second-order valence-corrected chi connectivity index (χ2v) is 7.75. The maximum absolute atomic E-state index is 12.3. The zero-order valence-corrected chi connectivity index (χ0v) is 14.1. The molecule has 124 valence electrons. The minimum absolute atomic E-state index is 0.0284. The van der Waals surface area contributed by atoms with E-state index in [1.54, 1.807) is 0 Å². The summed E-state index contributed by atoms with van der Waals surface area (Å²) in [6, 6.07) is 0. The van der Waals surface area contributed by atoms with E-state index in [0.717, 1.165) is 55.0 Å². The van der Waals surface area contributed by atoms with Gasteiger partial charge in [-0.25, -0.2) is 9.97 Å². The monoisotopic (exact) mass is 314 g/mol. The number of fused-ring (bicyclic) bond motifs is 2. The van der Waals surface area contributed by atoms with E-state index in [1.165, 1.54) is 19.3 Å². The fourth-order valence-electron chi connectivity index (χ4n) is 4.45. The molecule has 0 bridgehead atoms. The molecule has 2 atom stereocenters. The van der Waals surface area contributed by atoms with Crippen molar-refractivity contribution >= 4 is 11.7 Å². The highest BCUT2D eigenvalue weighted by molar-refractivity contribution is 5.96. The van der Waals surface area contributed by atoms with Crippen molar-refractivity contribution in [1.82, 2.24) is 15.3 Å². The van der Waals surface area contributed by atoms with E-state index in [0.29, 0.717) is 18.2 Å². The first kappa shape index (κ1) is 14.9. The summed E-state index contributed by atoms with van der Waals surface area (Å²) in [6.07, 6.45) is 5.77. The molecule has 5 heteroatoms. The Morgan fingerprint density at radius 3 is 2.65 bits per heavy atom. The molecule has 0 spiro atoms. The van der Waals surface area contributed by atoms with E-state index < -0.39 is 0 Å². The Hall–Kier alpha value is -1.65. The van der Waals surface area contributed by atoms with E-state index >= 15 is 0 Å². The highest BCUT2D eigenvalue weighted by Crippen LogP contribution is 2.40. The summed E-state index contributed by atoms with van der Waals surface area (Å²) in [5.41, 5.74) is 1.69. The molecule has 3 aliphatic rings. The Kier molecular flexibility index (Phi) is 3.74. The zero-order valence-electron chi connectivity index (χ0n) is 14.1. The van der Waals surface area contributed by atoms with Gasteiger partial charge < -0.3 is 10.2 Å². The molecule has 1 saturated heterocycles. The topological polar surface area (TPSA) is 58.1 Å². The van der Waals surface area contributed by atoms with Gasteiger partial charge in [0.15, 0.2) is 0 Å². The molecular weight excluding hydrogens is 288 g/mol. The van der Waals surface area contributed by atoms with Crippen molar-refractivity contribution in [3.8, 4) is 0 Å². The van der Waals surface area contributed by atoms with Crippen LogP contribution in [0.3, 0.4) is 0 Å². The Bertz CT molecular complexity index is 616. The molecule has 23 heavy (non-hydrogen) atoms. The van der Waals surface area contributed by atoms with Crippen LogP contribution in [-0.2, 0) is 12.8 Å². The van der Waals surface area contributed by atoms with Crippen molar-refractivity contribution in [2.75, 3.05) is 24.5 Å². The largest absolute Gasteiger partial charge is 0.356 e. The van der Waals surface area contributed by atoms with Crippen LogP contribution < -0.4 is 10.2 Å². The summed E-state index contributed by atoms with van der Waals surface area (Å²) >= 11 is 0. The van der Waals surface area contributed by atoms with Gasteiger partial charge in [-0.3, -0.25) is 4.79 Å². The van der Waals surface area contributed by atoms with Crippen molar-refractivity contribution < 1.29 is 4.79 Å². The highest BCUT2D eigenvalue weighted by atomic mass is 16.1. The molecule has 0 aromatic carbocycles. The van der Waals surface area contributed by atoms with Gasteiger partial charge in [0.2, 0.25) is 0 Å². The summed E-state index contributed by atoms with van der Waals surface area (Å²) in [6.45, 7) is 7.26. The number of carbonyl (C=O) groups is 1. The average Bonchev–Trinajstić information content (AvgIpc) is 3.08. The van der Waals surface area contributed by atoms with Gasteiger partial charge in [0, 0.05) is 31.6 Å². The van der Waals surface area contributed by atoms with Gasteiger partial charge >= 0.3 is 0 Å². The lowest BCUT2D eigenvalue weighted by Crippen LogP contribution is -2.36. The van der Waals surface area contributed by atoms with Gasteiger partial charge in [-0.2, -0.15) is 0 Å². The molecule has 3 heterocycles. The summed E-state index contributed by atoms with van der Waals surface area (Å²) < 4.78 is 0. The van der Waals surface area contributed by atoms with Crippen molar-refractivity contribution in [2.24, 2.45) is 17.8 Å². The zero-order chi connectivity index (χ0) is 16.0. The predicted molar refractivity (Wildman–Crippen MR) is 89.7 cm³/mol. The molecule has 1 saturated carbocycles. The van der Waals surface area contributed by atoms with Gasteiger partial charge in [0.05, 0.1) is 0 Å². The first-order chi connectivity index (χ1) is 11.1. The van der Waals surface area contributed by atoms with Gasteiger partial charge in [-0.05, 0) is 37.0 Å². The van der Waals surface area contributed by atoms with Crippen LogP contribution in [0.2, 0.25) is 0 Å². The number of amides is 1. The molecule has 2 aliphatic heterocycles. The molecule has 5 nitrogen and oxygen atoms in total. The predicted octanol–water partition coefficient (Wildman–Crippen LogP) is 2.20. The van der Waals surface area contributed by atoms with E-state index in [-0.39, 0.29) is 5.91 Å². The molecule has 1 aliphatic carbocycles. The Balaban J connectivity index is 1.72. The highest BCUT2D eigenvalue weighted by Gasteiger charge is 2.38. The van der Waals surface area contributed by atoms with E-state index in [9.17, 15) is 4.79 Å². The van der Waals surface area contributed by atoms with Crippen LogP contribution in [0.15, 0.2) is 0 Å². The molecule has 4 rings (SSSR count). The third-order valence-electron chi connectivity index (χ3n) is 5.52. The smallest absolute Gasteiger partial charge is 0.270 e. The molecule has 1 N–H and O–H groups in total. The number of anilines is 1. The lowest BCUT2D eigenvalue weighted by atomic mass is 10.0. The Morgan fingerprint density at radius 1 is 1.22 bits per heavy atom. The van der Waals surface area contributed by atoms with Crippen LogP contribution in [-0.4, -0.2) is 35.5 Å². The lowest BCUT2D eigenvalue weighted by Gasteiger charge is -2.26. The number of carbonyl (C=O) groups excluding carboxylic acids is 1. The summed E-state index contributed by atoms with van der Waals surface area (Å²) in [7, 11) is 0. The van der Waals surface area contributed by atoms with E-state index in [2.05, 4.69) is 29.0 Å². The second kappa shape index (κ2) is 5.77. The lowest BCUT2D eigenvalue weighted by molar-refractivity contribution is 0.0940. The molecule has 1 aromatic heterocycles. The van der Waals surface area contributed by atoms with Crippen LogP contribution >= 0.6 is 0 Å². The third kappa shape index (κ3) is 2.70. The van der Waals surface area contributed by atoms with E-state index in [1.807, 2.05) is 0 Å². The van der Waals surface area contributed by atoms with Crippen LogP contribution in [0.25, 0.3) is 0 Å². The van der Waals surface area contributed by atoms with Crippen LogP contribution in [0, 0.1) is 17.8 Å². The normalized spacial score (nSPS) is 26.4. The average molecular weight is 314 g/mol. The minimum atomic E-state index is -0.0284. The number of aromatic nitrogens is 2. The Labute approximate surface area is 137 Å². The molecule has 0 unspecified atom stereocenters. The molecule has 1 aromatic rings. The van der Waals surface area contributed by atoms with Crippen LogP contribution in [0.1, 0.15) is 55.0 Å². The molecular formula is C18H26N4O. The van der Waals surface area contributed by atoms with Gasteiger partial charge in [-0.1, -0.05) is 20.3 Å². The van der Waals surface area contributed by atoms with Crippen LogP contribution in [0.5, 0.6) is 0 Å². The minimum Gasteiger partial charge on any atom is -0.356 e. The number of nitrogens with one attached hydrogen (secondary N) is 1. The molecule has 0 radical (unpaired) electrons. The number of rotatable bonds is 3.